The van der Waals surface area contributed by atoms with Crippen molar-refractivity contribution in [3.63, 3.8) is 0 Å². The van der Waals surface area contributed by atoms with E-state index in [2.05, 4.69) is 21.2 Å². The fourth-order valence-corrected chi connectivity index (χ4v) is 3.27. The van der Waals surface area contributed by atoms with Gasteiger partial charge < -0.3 is 15.4 Å². The molecule has 0 aliphatic rings. The van der Waals surface area contributed by atoms with Crippen molar-refractivity contribution in [2.45, 2.75) is 0 Å². The van der Waals surface area contributed by atoms with Crippen LogP contribution in [0, 0.1) is 0 Å². The molecule has 0 saturated carbocycles. The quantitative estimate of drug-likeness (QED) is 0.206. The predicted molar refractivity (Wildman–Crippen MR) is 138 cm³/mol. The molecule has 3 amide bonds. The highest BCUT2D eigenvalue weighted by Gasteiger charge is 2.15. The maximum absolute atomic E-state index is 12.2. The van der Waals surface area contributed by atoms with E-state index >= 15 is 0 Å². The Morgan fingerprint density at radius 3 is 2.37 bits per heavy atom. The minimum atomic E-state index is -1.03. The fraction of sp³-hybridized carbons (Fsp3) is 0.0435. The standard InChI is InChI=1S/C23H16Cl4N4O4/c24-15-9-8-14(10-17(15)26)29-20(32)12-35-19-7-2-1-4-13(19)11-28-31-23(34)22(33)30-18-6-3-5-16(25)21(18)27/h1-11H,12H2,(H,29,32)(H,30,33)(H,31,34)/b28-11-. The van der Waals surface area contributed by atoms with E-state index in [0.29, 0.717) is 27.0 Å². The molecule has 0 atom stereocenters. The Morgan fingerprint density at radius 2 is 1.60 bits per heavy atom. The van der Waals surface area contributed by atoms with Crippen LogP contribution in [0.1, 0.15) is 5.56 Å². The number of hydrogen-bond donors (Lipinski definition) is 3. The number of hydrazone groups is 1. The molecule has 0 aromatic heterocycles. The Labute approximate surface area is 220 Å². The van der Waals surface area contributed by atoms with Crippen LogP contribution in [-0.2, 0) is 14.4 Å². The van der Waals surface area contributed by atoms with Gasteiger partial charge in [0.2, 0.25) is 0 Å². The lowest BCUT2D eigenvalue weighted by atomic mass is 10.2. The number of rotatable bonds is 7. The normalized spacial score (nSPS) is 10.6. The average Bonchev–Trinajstić information content (AvgIpc) is 2.83. The summed E-state index contributed by atoms with van der Waals surface area (Å²) in [5.74, 6) is -2.13. The zero-order valence-electron chi connectivity index (χ0n) is 17.7. The number of nitrogens with one attached hydrogen (secondary N) is 3. The van der Waals surface area contributed by atoms with Crippen molar-refractivity contribution in [3.8, 4) is 5.75 Å². The second-order valence-electron chi connectivity index (χ2n) is 6.76. The largest absolute Gasteiger partial charge is 0.483 e. The molecular formula is C23H16Cl4N4O4. The molecule has 3 rings (SSSR count). The molecule has 12 heteroatoms. The van der Waals surface area contributed by atoms with Gasteiger partial charge in [-0.2, -0.15) is 5.10 Å². The Hall–Kier alpha value is -3.30. The molecule has 3 N–H and O–H groups in total. The summed E-state index contributed by atoms with van der Waals surface area (Å²) in [6, 6.07) is 16.0. The molecule has 0 radical (unpaired) electrons. The van der Waals surface area contributed by atoms with E-state index in [4.69, 9.17) is 51.1 Å². The number of hydrogen-bond acceptors (Lipinski definition) is 5. The molecule has 0 fully saturated rings. The molecule has 35 heavy (non-hydrogen) atoms. The Kier molecular flexibility index (Phi) is 9.33. The first kappa shape index (κ1) is 26.3. The van der Waals surface area contributed by atoms with Gasteiger partial charge in [-0.05, 0) is 42.5 Å². The van der Waals surface area contributed by atoms with Gasteiger partial charge in [-0.3, -0.25) is 14.4 Å². The van der Waals surface area contributed by atoms with Gasteiger partial charge >= 0.3 is 11.8 Å². The van der Waals surface area contributed by atoms with Gasteiger partial charge in [0.15, 0.2) is 6.61 Å². The summed E-state index contributed by atoms with van der Waals surface area (Å²) in [4.78, 5) is 36.3. The summed E-state index contributed by atoms with van der Waals surface area (Å²) in [6.07, 6.45) is 1.27. The predicted octanol–water partition coefficient (Wildman–Crippen LogP) is 5.41. The van der Waals surface area contributed by atoms with Gasteiger partial charge in [0.25, 0.3) is 5.91 Å². The van der Waals surface area contributed by atoms with Crippen LogP contribution in [0.3, 0.4) is 0 Å². The highest BCUT2D eigenvalue weighted by molar-refractivity contribution is 6.45. The Balaban J connectivity index is 1.55. The zero-order chi connectivity index (χ0) is 25.4. The van der Waals surface area contributed by atoms with Gasteiger partial charge in [-0.15, -0.1) is 0 Å². The van der Waals surface area contributed by atoms with Crippen LogP contribution in [-0.4, -0.2) is 30.5 Å². The van der Waals surface area contributed by atoms with Crippen LogP contribution in [0.5, 0.6) is 5.75 Å². The molecule has 180 valence electrons. The van der Waals surface area contributed by atoms with Crippen molar-refractivity contribution in [1.82, 2.24) is 5.43 Å². The van der Waals surface area contributed by atoms with Crippen LogP contribution in [0.25, 0.3) is 0 Å². The highest BCUT2D eigenvalue weighted by atomic mass is 35.5. The second kappa shape index (κ2) is 12.4. The molecule has 0 spiro atoms. The monoisotopic (exact) mass is 552 g/mol. The highest BCUT2D eigenvalue weighted by Crippen LogP contribution is 2.29. The first-order chi connectivity index (χ1) is 16.7. The zero-order valence-corrected chi connectivity index (χ0v) is 20.7. The number of nitrogens with zero attached hydrogens (tertiary/aromatic N) is 1. The van der Waals surface area contributed by atoms with Crippen LogP contribution in [0.2, 0.25) is 20.1 Å². The van der Waals surface area contributed by atoms with Crippen molar-refractivity contribution in [2.75, 3.05) is 17.2 Å². The number of ether oxygens (including phenoxy) is 1. The molecule has 3 aromatic carbocycles. The first-order valence-electron chi connectivity index (χ1n) is 9.79. The minimum absolute atomic E-state index is 0.105. The Bertz CT molecular complexity index is 1300. The van der Waals surface area contributed by atoms with Gasteiger partial charge in [0, 0.05) is 11.3 Å². The molecule has 3 aromatic rings. The number of anilines is 2. The number of carbonyl (C=O) groups is 3. The van der Waals surface area contributed by atoms with Crippen LogP contribution < -0.4 is 20.8 Å². The number of para-hydroxylation sites is 1. The summed E-state index contributed by atoms with van der Waals surface area (Å²) in [5, 5.41) is 9.75. The van der Waals surface area contributed by atoms with Crippen molar-refractivity contribution in [3.05, 3.63) is 86.3 Å². The van der Waals surface area contributed by atoms with Crippen molar-refractivity contribution in [2.24, 2.45) is 5.10 Å². The molecule has 0 saturated heterocycles. The van der Waals surface area contributed by atoms with E-state index in [-0.39, 0.29) is 22.3 Å². The van der Waals surface area contributed by atoms with E-state index in [1.807, 2.05) is 0 Å². The summed E-state index contributed by atoms with van der Waals surface area (Å²) >= 11 is 23.7. The fourth-order valence-electron chi connectivity index (χ4n) is 2.62. The van der Waals surface area contributed by atoms with Crippen LogP contribution >= 0.6 is 46.4 Å². The van der Waals surface area contributed by atoms with Gasteiger partial charge in [0.1, 0.15) is 5.75 Å². The van der Waals surface area contributed by atoms with E-state index < -0.39 is 17.7 Å². The van der Waals surface area contributed by atoms with Crippen molar-refractivity contribution in [1.29, 1.82) is 0 Å². The molecular weight excluding hydrogens is 538 g/mol. The Morgan fingerprint density at radius 1 is 0.829 bits per heavy atom. The number of halogens is 4. The van der Waals surface area contributed by atoms with Crippen molar-refractivity contribution >= 4 is 81.7 Å². The topological polar surface area (TPSA) is 109 Å². The van der Waals surface area contributed by atoms with Crippen LogP contribution in [0.15, 0.2) is 65.8 Å². The lowest BCUT2D eigenvalue weighted by Crippen LogP contribution is -2.32. The summed E-state index contributed by atoms with van der Waals surface area (Å²) < 4.78 is 5.55. The maximum Gasteiger partial charge on any atom is 0.329 e. The molecule has 8 nitrogen and oxygen atoms in total. The number of carbonyl (C=O) groups excluding carboxylic acids is 3. The molecule has 0 heterocycles. The second-order valence-corrected chi connectivity index (χ2v) is 8.36. The third kappa shape index (κ3) is 7.60. The maximum atomic E-state index is 12.2. The third-order valence-corrected chi connectivity index (χ3v) is 5.81. The van der Waals surface area contributed by atoms with Crippen molar-refractivity contribution < 1.29 is 19.1 Å². The van der Waals surface area contributed by atoms with Gasteiger partial charge in [-0.25, -0.2) is 5.43 Å². The molecule has 0 unspecified atom stereocenters. The molecule has 0 bridgehead atoms. The molecule has 0 aliphatic heterocycles. The van der Waals surface area contributed by atoms with Gasteiger partial charge in [0.05, 0.1) is 32.0 Å². The first-order valence-corrected chi connectivity index (χ1v) is 11.3. The smallest absolute Gasteiger partial charge is 0.329 e. The van der Waals surface area contributed by atoms with Gasteiger partial charge in [-0.1, -0.05) is 64.6 Å². The number of benzene rings is 3. The van der Waals surface area contributed by atoms with E-state index in [1.165, 1.54) is 18.3 Å². The lowest BCUT2D eigenvalue weighted by Gasteiger charge is -2.10. The summed E-state index contributed by atoms with van der Waals surface area (Å²) in [5.41, 5.74) is 3.20. The van der Waals surface area contributed by atoms with E-state index in [9.17, 15) is 14.4 Å². The summed E-state index contributed by atoms with van der Waals surface area (Å²) in [6.45, 7) is -0.305. The molecule has 0 aliphatic carbocycles. The van der Waals surface area contributed by atoms with Crippen LogP contribution in [0.4, 0.5) is 11.4 Å². The summed E-state index contributed by atoms with van der Waals surface area (Å²) in [7, 11) is 0. The van der Waals surface area contributed by atoms with E-state index in [1.54, 1.807) is 48.5 Å². The van der Waals surface area contributed by atoms with E-state index in [0.717, 1.165) is 0 Å². The third-order valence-electron chi connectivity index (χ3n) is 4.26. The lowest BCUT2D eigenvalue weighted by molar-refractivity contribution is -0.136. The number of amides is 3. The average molecular weight is 554 g/mol. The SMILES string of the molecule is O=C(COc1ccccc1/C=N\NC(=O)C(=O)Nc1cccc(Cl)c1Cl)Nc1ccc(Cl)c(Cl)c1. The minimum Gasteiger partial charge on any atom is -0.483 e.